The van der Waals surface area contributed by atoms with Gasteiger partial charge in [0, 0.05) is 18.7 Å². The van der Waals surface area contributed by atoms with Crippen LogP contribution in [0, 0.1) is 24.0 Å². The normalized spacial score (nSPS) is 11.6. The van der Waals surface area contributed by atoms with Crippen LogP contribution in [-0.4, -0.2) is 33.0 Å². The fourth-order valence-corrected chi connectivity index (χ4v) is 3.28. The molecule has 8 heteroatoms. The fraction of sp³-hybridized carbons (Fsp3) is 0.538. The Morgan fingerprint density at radius 1 is 1.24 bits per heavy atom. The van der Waals surface area contributed by atoms with E-state index < -0.39 is 14.9 Å². The maximum absolute atomic E-state index is 12.3. The highest BCUT2D eigenvalue weighted by molar-refractivity contribution is 7.89. The number of nitro benzene ring substituents is 1. The molecule has 0 aromatic heterocycles. The zero-order valence-corrected chi connectivity index (χ0v) is 13.3. The van der Waals surface area contributed by atoms with Gasteiger partial charge in [-0.2, -0.15) is 0 Å². The molecular weight excluding hydrogens is 294 g/mol. The molecule has 0 spiro atoms. The standard InChI is InChI=1S/C13H21N3O4S/c1-4-14-6-5-7-15-21(19,20)13-9-12(16(17)18)8-10(2)11(13)3/h8-9,14-15H,4-7H2,1-3H3. The number of nitrogens with zero attached hydrogens (tertiary/aromatic N) is 1. The Kier molecular flexibility index (Phi) is 6.25. The lowest BCUT2D eigenvalue weighted by molar-refractivity contribution is -0.385. The third kappa shape index (κ3) is 4.76. The van der Waals surface area contributed by atoms with Crippen LogP contribution in [0.3, 0.4) is 0 Å². The summed E-state index contributed by atoms with van der Waals surface area (Å²) in [5.41, 5.74) is 0.892. The summed E-state index contributed by atoms with van der Waals surface area (Å²) >= 11 is 0. The number of nitrogens with one attached hydrogen (secondary N) is 2. The average Bonchev–Trinajstić information content (AvgIpc) is 2.40. The van der Waals surface area contributed by atoms with Crippen molar-refractivity contribution in [2.75, 3.05) is 19.6 Å². The summed E-state index contributed by atoms with van der Waals surface area (Å²) in [4.78, 5) is 10.2. The summed E-state index contributed by atoms with van der Waals surface area (Å²) in [5, 5.41) is 14.0. The highest BCUT2D eigenvalue weighted by Gasteiger charge is 2.21. The molecule has 0 amide bonds. The first-order valence-corrected chi connectivity index (χ1v) is 8.24. The molecule has 21 heavy (non-hydrogen) atoms. The van der Waals surface area contributed by atoms with E-state index in [1.165, 1.54) is 6.07 Å². The van der Waals surface area contributed by atoms with Crippen molar-refractivity contribution in [2.24, 2.45) is 0 Å². The lowest BCUT2D eigenvalue weighted by atomic mass is 10.1. The van der Waals surface area contributed by atoms with E-state index in [1.54, 1.807) is 13.8 Å². The minimum absolute atomic E-state index is 0.0300. The van der Waals surface area contributed by atoms with Crippen molar-refractivity contribution in [1.29, 1.82) is 0 Å². The molecule has 7 nitrogen and oxygen atoms in total. The molecule has 0 aliphatic rings. The van der Waals surface area contributed by atoms with Crippen LogP contribution in [0.4, 0.5) is 5.69 Å². The predicted octanol–water partition coefficient (Wildman–Crippen LogP) is 1.49. The van der Waals surface area contributed by atoms with Crippen molar-refractivity contribution >= 4 is 15.7 Å². The van der Waals surface area contributed by atoms with E-state index in [0.717, 1.165) is 12.6 Å². The van der Waals surface area contributed by atoms with Gasteiger partial charge in [-0.05, 0) is 44.5 Å². The molecule has 0 unspecified atom stereocenters. The van der Waals surface area contributed by atoms with Crippen LogP contribution in [0.5, 0.6) is 0 Å². The van der Waals surface area contributed by atoms with E-state index in [4.69, 9.17) is 0 Å². The van der Waals surface area contributed by atoms with E-state index >= 15 is 0 Å². The largest absolute Gasteiger partial charge is 0.317 e. The number of benzene rings is 1. The van der Waals surface area contributed by atoms with Gasteiger partial charge in [0.1, 0.15) is 0 Å². The molecule has 0 saturated heterocycles. The molecule has 0 aliphatic heterocycles. The number of sulfonamides is 1. The van der Waals surface area contributed by atoms with Gasteiger partial charge >= 0.3 is 0 Å². The van der Waals surface area contributed by atoms with Crippen molar-refractivity contribution < 1.29 is 13.3 Å². The van der Waals surface area contributed by atoms with Gasteiger partial charge in [0.2, 0.25) is 10.0 Å². The zero-order chi connectivity index (χ0) is 16.0. The lowest BCUT2D eigenvalue weighted by Gasteiger charge is -2.11. The molecule has 118 valence electrons. The summed E-state index contributed by atoms with van der Waals surface area (Å²) in [5.74, 6) is 0. The van der Waals surface area contributed by atoms with Gasteiger partial charge in [-0.3, -0.25) is 10.1 Å². The monoisotopic (exact) mass is 315 g/mol. The van der Waals surface area contributed by atoms with E-state index in [0.29, 0.717) is 24.1 Å². The highest BCUT2D eigenvalue weighted by Crippen LogP contribution is 2.25. The molecule has 0 saturated carbocycles. The summed E-state index contributed by atoms with van der Waals surface area (Å²) in [7, 11) is -3.74. The molecule has 1 rings (SSSR count). The molecule has 1 aromatic rings. The maximum Gasteiger partial charge on any atom is 0.271 e. The molecule has 0 radical (unpaired) electrons. The zero-order valence-electron chi connectivity index (χ0n) is 12.5. The minimum atomic E-state index is -3.74. The first kappa shape index (κ1) is 17.5. The number of nitro groups is 1. The van der Waals surface area contributed by atoms with Gasteiger partial charge in [0.25, 0.3) is 5.69 Å². The van der Waals surface area contributed by atoms with Crippen LogP contribution in [-0.2, 0) is 10.0 Å². The average molecular weight is 315 g/mol. The number of rotatable bonds is 8. The molecule has 0 atom stereocenters. The van der Waals surface area contributed by atoms with Crippen LogP contribution < -0.4 is 10.0 Å². The molecule has 0 aliphatic carbocycles. The van der Waals surface area contributed by atoms with Crippen LogP contribution in [0.2, 0.25) is 0 Å². The topological polar surface area (TPSA) is 101 Å². The Morgan fingerprint density at radius 3 is 2.48 bits per heavy atom. The number of hydrogen-bond acceptors (Lipinski definition) is 5. The van der Waals surface area contributed by atoms with Crippen LogP contribution in [0.1, 0.15) is 24.5 Å². The fourth-order valence-electron chi connectivity index (χ4n) is 1.87. The SMILES string of the molecule is CCNCCCNS(=O)(=O)c1cc([N+](=O)[O-])cc(C)c1C. The molecule has 0 bridgehead atoms. The third-order valence-electron chi connectivity index (χ3n) is 3.18. The highest BCUT2D eigenvalue weighted by atomic mass is 32.2. The summed E-state index contributed by atoms with van der Waals surface area (Å²) in [6.07, 6.45) is 0.653. The smallest absolute Gasteiger partial charge is 0.271 e. The summed E-state index contributed by atoms with van der Waals surface area (Å²) in [6, 6.07) is 2.48. The van der Waals surface area contributed by atoms with E-state index in [-0.39, 0.29) is 17.1 Å². The summed E-state index contributed by atoms with van der Waals surface area (Å²) in [6.45, 7) is 7.11. The van der Waals surface area contributed by atoms with Crippen molar-refractivity contribution in [1.82, 2.24) is 10.0 Å². The van der Waals surface area contributed by atoms with Crippen LogP contribution >= 0.6 is 0 Å². The van der Waals surface area contributed by atoms with E-state index in [1.807, 2.05) is 6.92 Å². The third-order valence-corrected chi connectivity index (χ3v) is 4.76. The summed E-state index contributed by atoms with van der Waals surface area (Å²) < 4.78 is 27.0. The van der Waals surface area contributed by atoms with Gasteiger partial charge < -0.3 is 5.32 Å². The number of non-ortho nitro benzene ring substituents is 1. The quantitative estimate of drug-likeness (QED) is 0.430. The Morgan fingerprint density at radius 2 is 1.90 bits per heavy atom. The van der Waals surface area contributed by atoms with Crippen LogP contribution in [0.25, 0.3) is 0 Å². The van der Waals surface area contributed by atoms with Gasteiger partial charge in [-0.1, -0.05) is 6.92 Å². The second-order valence-corrected chi connectivity index (χ2v) is 6.48. The van der Waals surface area contributed by atoms with Crippen LogP contribution in [0.15, 0.2) is 17.0 Å². The first-order valence-electron chi connectivity index (χ1n) is 6.75. The first-order chi connectivity index (χ1) is 9.79. The second kappa shape index (κ2) is 7.48. The lowest BCUT2D eigenvalue weighted by Crippen LogP contribution is -2.28. The Hall–Kier alpha value is -1.51. The maximum atomic E-state index is 12.3. The van der Waals surface area contributed by atoms with Crippen molar-refractivity contribution in [3.8, 4) is 0 Å². The minimum Gasteiger partial charge on any atom is -0.317 e. The van der Waals surface area contributed by atoms with Gasteiger partial charge in [-0.15, -0.1) is 0 Å². The molecular formula is C13H21N3O4S. The number of hydrogen-bond donors (Lipinski definition) is 2. The van der Waals surface area contributed by atoms with Crippen molar-refractivity contribution in [3.05, 3.63) is 33.4 Å². The van der Waals surface area contributed by atoms with E-state index in [9.17, 15) is 18.5 Å². The van der Waals surface area contributed by atoms with Gasteiger partial charge in [0.05, 0.1) is 9.82 Å². The Bertz CT molecular complexity index is 614. The molecule has 0 heterocycles. The Labute approximate surface area is 124 Å². The van der Waals surface area contributed by atoms with Gasteiger partial charge in [-0.25, -0.2) is 13.1 Å². The van der Waals surface area contributed by atoms with Crippen molar-refractivity contribution in [2.45, 2.75) is 32.1 Å². The molecule has 1 aromatic carbocycles. The molecule has 2 N–H and O–H groups in total. The number of aryl methyl sites for hydroxylation is 1. The van der Waals surface area contributed by atoms with E-state index in [2.05, 4.69) is 10.0 Å². The molecule has 0 fully saturated rings. The predicted molar refractivity (Wildman–Crippen MR) is 80.9 cm³/mol. The van der Waals surface area contributed by atoms with Crippen molar-refractivity contribution in [3.63, 3.8) is 0 Å². The van der Waals surface area contributed by atoms with Gasteiger partial charge in [0.15, 0.2) is 0 Å². The second-order valence-electron chi connectivity index (χ2n) is 4.75. The Balaban J connectivity index is 2.94.